The normalized spacial score (nSPS) is 29.1. The van der Waals surface area contributed by atoms with Crippen LogP contribution in [-0.4, -0.2) is 33.9 Å². The predicted molar refractivity (Wildman–Crippen MR) is 121 cm³/mol. The highest BCUT2D eigenvalue weighted by atomic mass is 15.0. The van der Waals surface area contributed by atoms with E-state index in [4.69, 9.17) is 0 Å². The Balaban J connectivity index is 1.97. The zero-order valence-corrected chi connectivity index (χ0v) is 17.4. The average molecular weight is 343 g/mol. The SMILES string of the molecule is CCCBCCCCC12CCCBCCCC1CCCBCCCN2. The van der Waals surface area contributed by atoms with Crippen molar-refractivity contribution in [3.8, 4) is 0 Å². The van der Waals surface area contributed by atoms with Crippen molar-refractivity contribution in [3.63, 3.8) is 0 Å². The van der Waals surface area contributed by atoms with E-state index in [0.29, 0.717) is 5.54 Å². The Hall–Kier alpha value is 0.155. The van der Waals surface area contributed by atoms with E-state index < -0.39 is 0 Å². The first-order chi connectivity index (χ1) is 12.4. The van der Waals surface area contributed by atoms with Gasteiger partial charge < -0.3 is 5.32 Å². The summed E-state index contributed by atoms with van der Waals surface area (Å²) in [5, 5.41) is 4.20. The summed E-state index contributed by atoms with van der Waals surface area (Å²) in [6.07, 6.45) is 24.9. The van der Waals surface area contributed by atoms with Gasteiger partial charge in [-0.25, -0.2) is 0 Å². The van der Waals surface area contributed by atoms with Gasteiger partial charge in [0.2, 0.25) is 0 Å². The second kappa shape index (κ2) is 13.3. The molecule has 2 aliphatic heterocycles. The van der Waals surface area contributed by atoms with Crippen molar-refractivity contribution in [1.82, 2.24) is 5.32 Å². The fourth-order valence-electron chi connectivity index (χ4n) is 5.52. The third-order valence-corrected chi connectivity index (χ3v) is 7.14. The van der Waals surface area contributed by atoms with Crippen LogP contribution in [0.4, 0.5) is 0 Å². The lowest BCUT2D eigenvalue weighted by atomic mass is 9.64. The van der Waals surface area contributed by atoms with Crippen molar-refractivity contribution in [2.45, 2.75) is 121 Å². The molecule has 1 N–H and O–H groups in total. The van der Waals surface area contributed by atoms with Crippen LogP contribution < -0.4 is 5.32 Å². The molecule has 0 amide bonds. The topological polar surface area (TPSA) is 12.0 Å². The van der Waals surface area contributed by atoms with Crippen molar-refractivity contribution >= 4 is 21.8 Å². The Labute approximate surface area is 161 Å². The van der Waals surface area contributed by atoms with Crippen LogP contribution in [-0.2, 0) is 0 Å². The van der Waals surface area contributed by atoms with Crippen LogP contribution in [0.2, 0.25) is 37.9 Å². The number of unbranched alkanes of at least 4 members (excludes halogenated alkanes) is 1. The van der Waals surface area contributed by atoms with Crippen LogP contribution in [0.1, 0.15) is 77.6 Å². The van der Waals surface area contributed by atoms with Crippen LogP contribution in [0.5, 0.6) is 0 Å². The summed E-state index contributed by atoms with van der Waals surface area (Å²) in [4.78, 5) is 0. The maximum absolute atomic E-state index is 4.20. The monoisotopic (exact) mass is 343 g/mol. The summed E-state index contributed by atoms with van der Waals surface area (Å²) in [5.74, 6) is 0.958. The van der Waals surface area contributed by atoms with E-state index >= 15 is 0 Å². The number of rotatable bonds is 7. The number of hydrogen-bond acceptors (Lipinski definition) is 1. The van der Waals surface area contributed by atoms with E-state index in [1.807, 2.05) is 0 Å². The van der Waals surface area contributed by atoms with Gasteiger partial charge in [0.15, 0.2) is 0 Å². The van der Waals surface area contributed by atoms with Gasteiger partial charge >= 0.3 is 0 Å². The Morgan fingerprint density at radius 1 is 0.920 bits per heavy atom. The maximum atomic E-state index is 4.20. The third-order valence-electron chi connectivity index (χ3n) is 7.14. The van der Waals surface area contributed by atoms with Crippen molar-refractivity contribution in [2.75, 3.05) is 6.54 Å². The summed E-state index contributed by atoms with van der Waals surface area (Å²) in [7, 11) is 4.42. The van der Waals surface area contributed by atoms with E-state index in [2.05, 4.69) is 12.2 Å². The standard InChI is InChI=1S/C21H44B3N/c1-2-13-22-14-4-3-11-21-12-7-17-23-15-5-9-20(21)10-6-16-24-18-8-19-25-21/h20,22-25H,2-19H2,1H3. The van der Waals surface area contributed by atoms with E-state index in [9.17, 15) is 0 Å². The summed E-state index contributed by atoms with van der Waals surface area (Å²) in [6, 6.07) is 0. The van der Waals surface area contributed by atoms with Crippen molar-refractivity contribution in [1.29, 1.82) is 0 Å². The molecule has 2 rings (SSSR count). The molecule has 0 spiro atoms. The second-order valence-corrected chi connectivity index (χ2v) is 9.16. The van der Waals surface area contributed by atoms with Gasteiger partial charge in [-0.1, -0.05) is 83.4 Å². The lowest BCUT2D eigenvalue weighted by Gasteiger charge is -2.43. The molecular formula is C21H44B3N. The second-order valence-electron chi connectivity index (χ2n) is 9.16. The zero-order valence-electron chi connectivity index (χ0n) is 17.4. The highest BCUT2D eigenvalue weighted by Crippen LogP contribution is 2.38. The first kappa shape index (κ1) is 21.5. The molecule has 142 valence electrons. The molecule has 0 bridgehead atoms. The first-order valence-electron chi connectivity index (χ1n) is 12.1. The van der Waals surface area contributed by atoms with Crippen LogP contribution in [0, 0.1) is 5.92 Å². The molecule has 1 nitrogen and oxygen atoms in total. The minimum absolute atomic E-state index is 0.492. The van der Waals surface area contributed by atoms with Crippen molar-refractivity contribution in [2.24, 2.45) is 5.92 Å². The Kier molecular flexibility index (Phi) is 11.5. The number of nitrogens with one attached hydrogen (secondary N) is 1. The van der Waals surface area contributed by atoms with Gasteiger partial charge in [0, 0.05) is 5.54 Å². The molecule has 0 radical (unpaired) electrons. The van der Waals surface area contributed by atoms with Crippen molar-refractivity contribution in [3.05, 3.63) is 0 Å². The van der Waals surface area contributed by atoms with Crippen LogP contribution in [0.25, 0.3) is 0 Å². The van der Waals surface area contributed by atoms with Gasteiger partial charge in [0.25, 0.3) is 0 Å². The molecule has 2 unspecified atom stereocenters. The quantitative estimate of drug-likeness (QED) is 0.502. The smallest absolute Gasteiger partial charge is 0.120 e. The molecular weight excluding hydrogens is 299 g/mol. The molecule has 0 aromatic rings. The predicted octanol–water partition coefficient (Wildman–Crippen LogP) is 5.09. The van der Waals surface area contributed by atoms with E-state index in [-0.39, 0.29) is 0 Å². The number of fused-ring (bicyclic) bond motifs is 1. The fourth-order valence-corrected chi connectivity index (χ4v) is 5.52. The van der Waals surface area contributed by atoms with Crippen LogP contribution in [0.15, 0.2) is 0 Å². The fraction of sp³-hybridized carbons (Fsp3) is 1.00. The minimum Gasteiger partial charge on any atom is -0.311 e. The highest BCUT2D eigenvalue weighted by molar-refractivity contribution is 6.35. The van der Waals surface area contributed by atoms with Gasteiger partial charge in [-0.05, 0) is 44.6 Å². The molecule has 0 aromatic heterocycles. The Morgan fingerprint density at radius 2 is 1.64 bits per heavy atom. The molecule has 0 saturated carbocycles. The van der Waals surface area contributed by atoms with Crippen LogP contribution in [0.3, 0.4) is 0 Å². The zero-order chi connectivity index (χ0) is 17.6. The molecule has 0 aromatic carbocycles. The van der Waals surface area contributed by atoms with Crippen LogP contribution >= 0.6 is 0 Å². The Morgan fingerprint density at radius 3 is 2.40 bits per heavy atom. The average Bonchev–Trinajstić information content (AvgIpc) is 2.72. The Bertz CT molecular complexity index is 326. The molecule has 2 saturated heterocycles. The molecule has 2 aliphatic rings. The lowest BCUT2D eigenvalue weighted by Crippen LogP contribution is -2.52. The molecule has 2 fully saturated rings. The van der Waals surface area contributed by atoms with Gasteiger partial charge in [-0.3, -0.25) is 0 Å². The molecule has 25 heavy (non-hydrogen) atoms. The maximum Gasteiger partial charge on any atom is 0.120 e. The molecule has 2 atom stereocenters. The summed E-state index contributed by atoms with van der Waals surface area (Å²) in [5.41, 5.74) is 0.492. The minimum atomic E-state index is 0.492. The van der Waals surface area contributed by atoms with E-state index in [1.165, 1.54) is 137 Å². The largest absolute Gasteiger partial charge is 0.311 e. The molecule has 2 heterocycles. The van der Waals surface area contributed by atoms with E-state index in [0.717, 1.165) is 5.92 Å². The molecule has 0 aliphatic carbocycles. The summed E-state index contributed by atoms with van der Waals surface area (Å²) < 4.78 is 0. The van der Waals surface area contributed by atoms with Gasteiger partial charge in [-0.2, -0.15) is 0 Å². The summed E-state index contributed by atoms with van der Waals surface area (Å²) >= 11 is 0. The van der Waals surface area contributed by atoms with Crippen molar-refractivity contribution < 1.29 is 0 Å². The first-order valence-corrected chi connectivity index (χ1v) is 12.1. The third kappa shape index (κ3) is 8.14. The molecule has 4 heteroatoms. The van der Waals surface area contributed by atoms with Gasteiger partial charge in [0.05, 0.1) is 0 Å². The summed E-state index contributed by atoms with van der Waals surface area (Å²) in [6.45, 7) is 3.61. The van der Waals surface area contributed by atoms with Gasteiger partial charge in [-0.15, -0.1) is 0 Å². The van der Waals surface area contributed by atoms with E-state index in [1.54, 1.807) is 0 Å². The van der Waals surface area contributed by atoms with Gasteiger partial charge in [0.1, 0.15) is 21.8 Å². The number of hydrogen-bond donors (Lipinski definition) is 1. The highest BCUT2D eigenvalue weighted by Gasteiger charge is 2.37. The lowest BCUT2D eigenvalue weighted by molar-refractivity contribution is 0.151.